The number of rotatable bonds is 2. The van der Waals surface area contributed by atoms with E-state index in [0.717, 1.165) is 0 Å². The van der Waals surface area contributed by atoms with Crippen molar-refractivity contribution in [2.24, 2.45) is 5.73 Å². The fourth-order valence-electron chi connectivity index (χ4n) is 0.891. The number of nitriles is 1. The molecule has 1 atom stereocenters. The van der Waals surface area contributed by atoms with Crippen molar-refractivity contribution in [3.05, 3.63) is 24.3 Å². The molecule has 0 aliphatic heterocycles. The highest BCUT2D eigenvalue weighted by atomic mass is 16.5. The van der Waals surface area contributed by atoms with Crippen LogP contribution in [-0.2, 0) is 4.74 Å². The molecular formula is C8H10N2O. The van der Waals surface area contributed by atoms with Gasteiger partial charge in [0.2, 0.25) is 0 Å². The standard InChI is InChI=1S/C8H10N2O/c9-6-7-11-8(10)4-2-1-3-5-8/h1-4H,5,7,10H2. The first-order valence-electron chi connectivity index (χ1n) is 3.41. The van der Waals surface area contributed by atoms with E-state index in [-0.39, 0.29) is 6.61 Å². The third kappa shape index (κ3) is 2.19. The molecule has 0 aromatic carbocycles. The zero-order valence-corrected chi connectivity index (χ0v) is 6.16. The lowest BCUT2D eigenvalue weighted by atomic mass is 10.1. The van der Waals surface area contributed by atoms with Crippen LogP contribution in [0.2, 0.25) is 0 Å². The highest BCUT2D eigenvalue weighted by molar-refractivity contribution is 5.16. The predicted octanol–water partition coefficient (Wildman–Crippen LogP) is 0.698. The molecule has 0 saturated heterocycles. The average molecular weight is 150 g/mol. The molecule has 0 fully saturated rings. The molecule has 11 heavy (non-hydrogen) atoms. The summed E-state index contributed by atoms with van der Waals surface area (Å²) < 4.78 is 5.10. The van der Waals surface area contributed by atoms with E-state index in [1.165, 1.54) is 0 Å². The van der Waals surface area contributed by atoms with Crippen molar-refractivity contribution in [2.75, 3.05) is 6.61 Å². The predicted molar refractivity (Wildman–Crippen MR) is 41.4 cm³/mol. The highest BCUT2D eigenvalue weighted by Gasteiger charge is 2.21. The van der Waals surface area contributed by atoms with Gasteiger partial charge in [-0.15, -0.1) is 0 Å². The van der Waals surface area contributed by atoms with Gasteiger partial charge in [-0.3, -0.25) is 5.73 Å². The van der Waals surface area contributed by atoms with Crippen molar-refractivity contribution in [3.8, 4) is 6.07 Å². The lowest BCUT2D eigenvalue weighted by Crippen LogP contribution is -2.41. The Bertz CT molecular complexity index is 227. The molecule has 0 heterocycles. The zero-order valence-electron chi connectivity index (χ0n) is 6.16. The summed E-state index contributed by atoms with van der Waals surface area (Å²) in [5.41, 5.74) is 4.97. The Balaban J connectivity index is 2.48. The molecule has 0 amide bonds. The first-order chi connectivity index (χ1) is 5.27. The topological polar surface area (TPSA) is 59.0 Å². The molecule has 0 spiro atoms. The third-order valence-electron chi connectivity index (χ3n) is 1.47. The number of hydrogen-bond acceptors (Lipinski definition) is 3. The molecule has 3 heteroatoms. The Morgan fingerprint density at radius 2 is 2.45 bits per heavy atom. The summed E-state index contributed by atoms with van der Waals surface area (Å²) in [5, 5.41) is 8.24. The fraction of sp³-hybridized carbons (Fsp3) is 0.375. The molecule has 3 nitrogen and oxygen atoms in total. The van der Waals surface area contributed by atoms with E-state index in [4.69, 9.17) is 15.7 Å². The Hall–Kier alpha value is -1.11. The molecule has 2 N–H and O–H groups in total. The van der Waals surface area contributed by atoms with Gasteiger partial charge in [-0.1, -0.05) is 18.2 Å². The van der Waals surface area contributed by atoms with Crippen LogP contribution in [0.25, 0.3) is 0 Å². The van der Waals surface area contributed by atoms with E-state index in [1.54, 1.807) is 6.08 Å². The molecule has 0 radical (unpaired) electrons. The highest BCUT2D eigenvalue weighted by Crippen LogP contribution is 2.15. The van der Waals surface area contributed by atoms with Crippen molar-refractivity contribution in [3.63, 3.8) is 0 Å². The summed E-state index contributed by atoms with van der Waals surface area (Å²) in [4.78, 5) is 0. The summed E-state index contributed by atoms with van der Waals surface area (Å²) in [6.45, 7) is 0.0364. The minimum absolute atomic E-state index is 0.0364. The number of hydrogen-bond donors (Lipinski definition) is 1. The van der Waals surface area contributed by atoms with Crippen molar-refractivity contribution < 1.29 is 4.74 Å². The van der Waals surface area contributed by atoms with Crippen LogP contribution in [-0.4, -0.2) is 12.3 Å². The zero-order chi connectivity index (χ0) is 8.16. The van der Waals surface area contributed by atoms with Gasteiger partial charge in [-0.25, -0.2) is 0 Å². The molecule has 1 aliphatic rings. The van der Waals surface area contributed by atoms with E-state index in [2.05, 4.69) is 0 Å². The number of nitrogens with two attached hydrogens (primary N) is 1. The lowest BCUT2D eigenvalue weighted by Gasteiger charge is -2.24. The normalized spacial score (nSPS) is 28.4. The molecule has 1 aliphatic carbocycles. The Morgan fingerprint density at radius 3 is 3.00 bits per heavy atom. The van der Waals surface area contributed by atoms with Crippen LogP contribution in [0.3, 0.4) is 0 Å². The number of allylic oxidation sites excluding steroid dienone is 2. The van der Waals surface area contributed by atoms with Crippen LogP contribution in [0.1, 0.15) is 6.42 Å². The molecule has 58 valence electrons. The van der Waals surface area contributed by atoms with Gasteiger partial charge in [0.1, 0.15) is 12.3 Å². The summed E-state index contributed by atoms with van der Waals surface area (Å²) in [6, 6.07) is 1.88. The molecule has 0 aromatic rings. The SMILES string of the molecule is N#CCOC1(N)C=CC=CC1. The van der Waals surface area contributed by atoms with Crippen molar-refractivity contribution in [2.45, 2.75) is 12.1 Å². The molecule has 0 bridgehead atoms. The fourth-order valence-corrected chi connectivity index (χ4v) is 0.891. The van der Waals surface area contributed by atoms with Crippen molar-refractivity contribution in [1.29, 1.82) is 5.26 Å². The van der Waals surface area contributed by atoms with Gasteiger partial charge in [-0.2, -0.15) is 5.26 Å². The summed E-state index contributed by atoms with van der Waals surface area (Å²) in [5.74, 6) is 0. The van der Waals surface area contributed by atoms with Gasteiger partial charge >= 0.3 is 0 Å². The van der Waals surface area contributed by atoms with E-state index < -0.39 is 5.72 Å². The minimum atomic E-state index is -0.759. The van der Waals surface area contributed by atoms with Crippen LogP contribution < -0.4 is 5.73 Å². The quantitative estimate of drug-likeness (QED) is 0.589. The molecule has 0 saturated carbocycles. The van der Waals surface area contributed by atoms with E-state index >= 15 is 0 Å². The van der Waals surface area contributed by atoms with Crippen LogP contribution in [0, 0.1) is 11.3 Å². The van der Waals surface area contributed by atoms with Gasteiger partial charge in [0, 0.05) is 6.42 Å². The second-order valence-electron chi connectivity index (χ2n) is 2.39. The van der Waals surface area contributed by atoms with Gasteiger partial charge in [0.25, 0.3) is 0 Å². The van der Waals surface area contributed by atoms with Gasteiger partial charge < -0.3 is 4.74 Å². The van der Waals surface area contributed by atoms with E-state index in [9.17, 15) is 0 Å². The summed E-state index contributed by atoms with van der Waals surface area (Å²) in [6.07, 6.45) is 8.02. The minimum Gasteiger partial charge on any atom is -0.342 e. The number of ether oxygens (including phenoxy) is 1. The average Bonchev–Trinajstić information content (AvgIpc) is 2.03. The largest absolute Gasteiger partial charge is 0.342 e. The monoisotopic (exact) mass is 150 g/mol. The molecule has 1 unspecified atom stereocenters. The number of nitrogens with zero attached hydrogens (tertiary/aromatic N) is 1. The Labute approximate surface area is 65.8 Å². The van der Waals surface area contributed by atoms with Crippen LogP contribution in [0.4, 0.5) is 0 Å². The third-order valence-corrected chi connectivity index (χ3v) is 1.47. The molecule has 1 rings (SSSR count). The van der Waals surface area contributed by atoms with Crippen molar-refractivity contribution >= 4 is 0 Å². The molecular weight excluding hydrogens is 140 g/mol. The summed E-state index contributed by atoms with van der Waals surface area (Å²) in [7, 11) is 0. The van der Waals surface area contributed by atoms with E-state index in [1.807, 2.05) is 24.3 Å². The molecule has 0 aromatic heterocycles. The van der Waals surface area contributed by atoms with Crippen molar-refractivity contribution in [1.82, 2.24) is 0 Å². The van der Waals surface area contributed by atoms with Crippen LogP contribution in [0.5, 0.6) is 0 Å². The maximum absolute atomic E-state index is 8.24. The Kier molecular flexibility index (Phi) is 2.42. The van der Waals surface area contributed by atoms with Crippen LogP contribution >= 0.6 is 0 Å². The second-order valence-corrected chi connectivity index (χ2v) is 2.39. The first-order valence-corrected chi connectivity index (χ1v) is 3.41. The van der Waals surface area contributed by atoms with Gasteiger partial charge in [0.05, 0.1) is 6.07 Å². The lowest BCUT2D eigenvalue weighted by molar-refractivity contribution is 0.0176. The first kappa shape index (κ1) is 7.99. The maximum Gasteiger partial charge on any atom is 0.141 e. The maximum atomic E-state index is 8.24. The van der Waals surface area contributed by atoms with E-state index in [0.29, 0.717) is 6.42 Å². The Morgan fingerprint density at radius 1 is 1.64 bits per heavy atom. The second kappa shape index (κ2) is 3.33. The van der Waals surface area contributed by atoms with Gasteiger partial charge in [0.15, 0.2) is 0 Å². The van der Waals surface area contributed by atoms with Gasteiger partial charge in [-0.05, 0) is 6.08 Å². The van der Waals surface area contributed by atoms with Crippen LogP contribution in [0.15, 0.2) is 24.3 Å². The summed E-state index contributed by atoms with van der Waals surface area (Å²) >= 11 is 0. The smallest absolute Gasteiger partial charge is 0.141 e.